The quantitative estimate of drug-likeness (QED) is 0.838. The van der Waals surface area contributed by atoms with Crippen molar-refractivity contribution >= 4 is 23.3 Å². The van der Waals surface area contributed by atoms with Crippen LogP contribution in [0.3, 0.4) is 0 Å². The molecule has 0 bridgehead atoms. The highest BCUT2D eigenvalue weighted by atomic mass is 35.5. The van der Waals surface area contributed by atoms with Crippen molar-refractivity contribution in [2.45, 2.75) is 25.8 Å². The first-order valence-electron chi connectivity index (χ1n) is 4.93. The molecule has 1 atom stereocenters. The van der Waals surface area contributed by atoms with Crippen molar-refractivity contribution in [3.05, 3.63) is 29.0 Å². The Balaban J connectivity index is 2.62. The summed E-state index contributed by atoms with van der Waals surface area (Å²) in [6.45, 7) is 1.78. The van der Waals surface area contributed by atoms with Crippen LogP contribution in [0.15, 0.2) is 18.2 Å². The van der Waals surface area contributed by atoms with Gasteiger partial charge in [0.15, 0.2) is 0 Å². The summed E-state index contributed by atoms with van der Waals surface area (Å²) in [7, 11) is 0. The molecule has 88 valence electrons. The normalized spacial score (nSPS) is 12.2. The van der Waals surface area contributed by atoms with Crippen LogP contribution in [0.2, 0.25) is 5.02 Å². The SMILES string of the molecule is CC(CCC(=O)O)Nc1c(F)cccc1Cl. The van der Waals surface area contributed by atoms with Crippen molar-refractivity contribution in [3.8, 4) is 0 Å². The molecule has 0 saturated carbocycles. The van der Waals surface area contributed by atoms with E-state index in [4.69, 9.17) is 16.7 Å². The highest BCUT2D eigenvalue weighted by molar-refractivity contribution is 6.33. The highest BCUT2D eigenvalue weighted by Gasteiger charge is 2.10. The summed E-state index contributed by atoms with van der Waals surface area (Å²) in [5.41, 5.74) is 0.224. The van der Waals surface area contributed by atoms with E-state index in [9.17, 15) is 9.18 Å². The van der Waals surface area contributed by atoms with Crippen LogP contribution in [0, 0.1) is 5.82 Å². The Morgan fingerprint density at radius 2 is 2.31 bits per heavy atom. The number of aliphatic carboxylic acids is 1. The van der Waals surface area contributed by atoms with E-state index < -0.39 is 11.8 Å². The second-order valence-corrected chi connectivity index (χ2v) is 3.98. The molecule has 0 aliphatic heterocycles. The van der Waals surface area contributed by atoms with Gasteiger partial charge in [0.05, 0.1) is 10.7 Å². The van der Waals surface area contributed by atoms with Gasteiger partial charge in [-0.05, 0) is 25.5 Å². The van der Waals surface area contributed by atoms with Crippen LogP contribution >= 0.6 is 11.6 Å². The van der Waals surface area contributed by atoms with E-state index in [0.717, 1.165) is 0 Å². The molecule has 0 fully saturated rings. The van der Waals surface area contributed by atoms with Gasteiger partial charge in [-0.2, -0.15) is 0 Å². The number of hydrogen-bond donors (Lipinski definition) is 2. The van der Waals surface area contributed by atoms with Gasteiger partial charge in [-0.15, -0.1) is 0 Å². The molecule has 0 amide bonds. The molecular formula is C11H13ClFNO2. The Kier molecular flexibility index (Phi) is 4.55. The predicted molar refractivity (Wildman–Crippen MR) is 61.4 cm³/mol. The molecule has 0 spiro atoms. The standard InChI is InChI=1S/C11H13ClFNO2/c1-7(5-6-10(15)16)14-11-8(12)3-2-4-9(11)13/h2-4,7,14H,5-6H2,1H3,(H,15,16). The highest BCUT2D eigenvalue weighted by Crippen LogP contribution is 2.25. The number of carboxylic acid groups (broad SMARTS) is 1. The Morgan fingerprint density at radius 3 is 2.88 bits per heavy atom. The lowest BCUT2D eigenvalue weighted by molar-refractivity contribution is -0.137. The van der Waals surface area contributed by atoms with E-state index in [1.807, 2.05) is 0 Å². The maximum atomic E-state index is 13.3. The zero-order valence-electron chi connectivity index (χ0n) is 8.84. The van der Waals surface area contributed by atoms with Crippen LogP contribution in [0.25, 0.3) is 0 Å². The molecule has 0 aliphatic rings. The lowest BCUT2D eigenvalue weighted by Crippen LogP contribution is -2.17. The molecule has 0 aromatic heterocycles. The largest absolute Gasteiger partial charge is 0.481 e. The van der Waals surface area contributed by atoms with Gasteiger partial charge in [0, 0.05) is 12.5 Å². The Labute approximate surface area is 98.2 Å². The number of anilines is 1. The lowest BCUT2D eigenvalue weighted by Gasteiger charge is -2.15. The summed E-state index contributed by atoms with van der Waals surface area (Å²) in [6.07, 6.45) is 0.459. The minimum absolute atomic E-state index is 0.0419. The van der Waals surface area contributed by atoms with E-state index in [-0.39, 0.29) is 18.2 Å². The minimum atomic E-state index is -0.867. The molecule has 5 heteroatoms. The third-order valence-electron chi connectivity index (χ3n) is 2.14. The molecule has 1 aromatic rings. The van der Waals surface area contributed by atoms with Gasteiger partial charge < -0.3 is 10.4 Å². The first kappa shape index (κ1) is 12.8. The van der Waals surface area contributed by atoms with Crippen LogP contribution in [0.4, 0.5) is 10.1 Å². The van der Waals surface area contributed by atoms with E-state index in [2.05, 4.69) is 5.32 Å². The van der Waals surface area contributed by atoms with Gasteiger partial charge in [-0.1, -0.05) is 17.7 Å². The van der Waals surface area contributed by atoms with Crippen LogP contribution in [-0.2, 0) is 4.79 Å². The van der Waals surface area contributed by atoms with Gasteiger partial charge in [-0.3, -0.25) is 4.79 Å². The van der Waals surface area contributed by atoms with Crippen molar-refractivity contribution < 1.29 is 14.3 Å². The van der Waals surface area contributed by atoms with E-state index >= 15 is 0 Å². The smallest absolute Gasteiger partial charge is 0.303 e. The molecule has 2 N–H and O–H groups in total. The molecule has 1 rings (SSSR count). The number of halogens is 2. The Morgan fingerprint density at radius 1 is 1.62 bits per heavy atom. The van der Waals surface area contributed by atoms with Gasteiger partial charge in [0.25, 0.3) is 0 Å². The van der Waals surface area contributed by atoms with E-state index in [1.54, 1.807) is 13.0 Å². The number of hydrogen-bond acceptors (Lipinski definition) is 2. The number of carboxylic acids is 1. The van der Waals surface area contributed by atoms with Crippen LogP contribution < -0.4 is 5.32 Å². The Hall–Kier alpha value is -1.29. The first-order valence-corrected chi connectivity index (χ1v) is 5.31. The molecule has 3 nitrogen and oxygen atoms in total. The molecule has 0 aliphatic carbocycles. The fourth-order valence-corrected chi connectivity index (χ4v) is 1.51. The summed E-state index contributed by atoms with van der Waals surface area (Å²) in [6, 6.07) is 4.25. The van der Waals surface area contributed by atoms with Crippen molar-refractivity contribution in [2.75, 3.05) is 5.32 Å². The zero-order valence-corrected chi connectivity index (χ0v) is 9.59. The zero-order chi connectivity index (χ0) is 12.1. The Bertz CT molecular complexity index is 364. The topological polar surface area (TPSA) is 49.3 Å². The maximum absolute atomic E-state index is 13.3. The molecule has 0 radical (unpaired) electrons. The average Bonchev–Trinajstić information content (AvgIpc) is 2.21. The number of carbonyl (C=O) groups is 1. The number of nitrogens with one attached hydrogen (secondary N) is 1. The number of rotatable bonds is 5. The third-order valence-corrected chi connectivity index (χ3v) is 2.46. The van der Waals surface area contributed by atoms with Crippen molar-refractivity contribution in [1.82, 2.24) is 0 Å². The summed E-state index contributed by atoms with van der Waals surface area (Å²) >= 11 is 5.82. The maximum Gasteiger partial charge on any atom is 0.303 e. The molecule has 1 aromatic carbocycles. The summed E-state index contributed by atoms with van der Waals surface area (Å²) in [5, 5.41) is 11.7. The molecule has 16 heavy (non-hydrogen) atoms. The summed E-state index contributed by atoms with van der Waals surface area (Å²) < 4.78 is 13.3. The lowest BCUT2D eigenvalue weighted by atomic mass is 10.1. The van der Waals surface area contributed by atoms with Crippen molar-refractivity contribution in [2.24, 2.45) is 0 Å². The number of benzene rings is 1. The van der Waals surface area contributed by atoms with Crippen molar-refractivity contribution in [1.29, 1.82) is 0 Å². The molecule has 0 heterocycles. The van der Waals surface area contributed by atoms with Crippen LogP contribution in [0.5, 0.6) is 0 Å². The van der Waals surface area contributed by atoms with Gasteiger partial charge in [0.1, 0.15) is 5.82 Å². The molecular weight excluding hydrogens is 233 g/mol. The monoisotopic (exact) mass is 245 g/mol. The summed E-state index contributed by atoms with van der Waals surface area (Å²) in [4.78, 5) is 10.4. The fraction of sp³-hybridized carbons (Fsp3) is 0.364. The average molecular weight is 246 g/mol. The fourth-order valence-electron chi connectivity index (χ4n) is 1.29. The van der Waals surface area contributed by atoms with Gasteiger partial charge in [-0.25, -0.2) is 4.39 Å². The van der Waals surface area contributed by atoms with Crippen molar-refractivity contribution in [3.63, 3.8) is 0 Å². The van der Waals surface area contributed by atoms with Gasteiger partial charge >= 0.3 is 5.97 Å². The third kappa shape index (κ3) is 3.70. The van der Waals surface area contributed by atoms with Crippen LogP contribution in [0.1, 0.15) is 19.8 Å². The second kappa shape index (κ2) is 5.70. The minimum Gasteiger partial charge on any atom is -0.481 e. The first-order chi connectivity index (χ1) is 7.50. The van der Waals surface area contributed by atoms with Gasteiger partial charge in [0.2, 0.25) is 0 Å². The molecule has 1 unspecified atom stereocenters. The second-order valence-electron chi connectivity index (χ2n) is 3.57. The predicted octanol–water partition coefficient (Wildman–Crippen LogP) is 3.14. The van der Waals surface area contributed by atoms with E-state index in [0.29, 0.717) is 11.4 Å². The molecule has 0 saturated heterocycles. The number of para-hydroxylation sites is 1. The summed E-state index contributed by atoms with van der Waals surface area (Å²) in [5.74, 6) is -1.30. The van der Waals surface area contributed by atoms with Crippen LogP contribution in [-0.4, -0.2) is 17.1 Å². The van der Waals surface area contributed by atoms with E-state index in [1.165, 1.54) is 12.1 Å².